The predicted molar refractivity (Wildman–Crippen MR) is 95.1 cm³/mol. The van der Waals surface area contributed by atoms with Crippen LogP contribution in [0.1, 0.15) is 64.0 Å². The summed E-state index contributed by atoms with van der Waals surface area (Å²) in [6.45, 7) is 13.7. The molecule has 1 fully saturated rings. The van der Waals surface area contributed by atoms with Crippen LogP contribution in [0.3, 0.4) is 0 Å². The molecule has 22 heavy (non-hydrogen) atoms. The van der Waals surface area contributed by atoms with Crippen molar-refractivity contribution in [1.82, 2.24) is 4.90 Å². The summed E-state index contributed by atoms with van der Waals surface area (Å²) in [6.07, 6.45) is 7.72. The Kier molecular flexibility index (Phi) is 4.09. The molecule has 1 heteroatoms. The molecule has 1 heterocycles. The Hall–Kier alpha value is -1.24. The normalized spacial score (nSPS) is 20.8. The van der Waals surface area contributed by atoms with Crippen molar-refractivity contribution < 1.29 is 0 Å². The van der Waals surface area contributed by atoms with Crippen LogP contribution in [0.15, 0.2) is 36.5 Å². The highest BCUT2D eigenvalue weighted by molar-refractivity contribution is 5.37. The number of fused-ring (bicyclic) bond motifs is 2. The maximum absolute atomic E-state index is 4.37. The van der Waals surface area contributed by atoms with Crippen molar-refractivity contribution in [3.05, 3.63) is 47.7 Å². The third kappa shape index (κ3) is 3.09. The third-order valence-electron chi connectivity index (χ3n) is 5.59. The van der Waals surface area contributed by atoms with E-state index >= 15 is 0 Å². The van der Waals surface area contributed by atoms with E-state index in [1.54, 1.807) is 11.1 Å². The Morgan fingerprint density at radius 1 is 1.14 bits per heavy atom. The average molecular weight is 297 g/mol. The second-order valence-electron chi connectivity index (χ2n) is 8.58. The summed E-state index contributed by atoms with van der Waals surface area (Å²) >= 11 is 0. The zero-order valence-corrected chi connectivity index (χ0v) is 14.6. The molecule has 0 atom stereocenters. The fraction of sp³-hybridized carbons (Fsp3) is 0.619. The van der Waals surface area contributed by atoms with Crippen LogP contribution in [0.25, 0.3) is 0 Å². The van der Waals surface area contributed by atoms with Crippen LogP contribution in [0.5, 0.6) is 0 Å². The number of aryl methyl sites for hydroxylation is 1. The standard InChI is InChI=1S/C21H31N/c1-17(16-20(2,3)4)22-14-12-21(13-15-22)11-7-9-18-8-5-6-10-19(18)21/h5-6,8,10H,1,7,9,11-16H2,2-4H3. The third-order valence-corrected chi connectivity index (χ3v) is 5.59. The molecule has 1 aromatic carbocycles. The second kappa shape index (κ2) is 5.76. The molecule has 0 saturated carbocycles. The van der Waals surface area contributed by atoms with Gasteiger partial charge < -0.3 is 4.90 Å². The first kappa shape index (κ1) is 15.6. The van der Waals surface area contributed by atoms with Gasteiger partial charge in [0.15, 0.2) is 0 Å². The predicted octanol–water partition coefficient (Wildman–Crippen LogP) is 5.31. The van der Waals surface area contributed by atoms with E-state index in [1.165, 1.54) is 50.9 Å². The Bertz CT molecular complexity index is 541. The van der Waals surface area contributed by atoms with Gasteiger partial charge in [-0.05, 0) is 60.5 Å². The topological polar surface area (TPSA) is 3.24 Å². The SMILES string of the molecule is C=C(CC(C)(C)C)N1CCC2(CCCc3ccccc32)CC1. The molecule has 1 aliphatic carbocycles. The number of nitrogens with zero attached hydrogens (tertiary/aromatic N) is 1. The lowest BCUT2D eigenvalue weighted by Crippen LogP contribution is -2.44. The van der Waals surface area contributed by atoms with Crippen molar-refractivity contribution in [2.75, 3.05) is 13.1 Å². The molecule has 1 aliphatic heterocycles. The Morgan fingerprint density at radius 2 is 1.82 bits per heavy atom. The molecule has 0 amide bonds. The van der Waals surface area contributed by atoms with Crippen LogP contribution in [0.4, 0.5) is 0 Å². The van der Waals surface area contributed by atoms with Gasteiger partial charge in [-0.1, -0.05) is 51.6 Å². The second-order valence-corrected chi connectivity index (χ2v) is 8.58. The van der Waals surface area contributed by atoms with Gasteiger partial charge in [0.05, 0.1) is 0 Å². The van der Waals surface area contributed by atoms with Gasteiger partial charge in [0, 0.05) is 18.8 Å². The smallest absolute Gasteiger partial charge is 0.0183 e. The molecule has 0 bridgehead atoms. The van der Waals surface area contributed by atoms with Crippen LogP contribution >= 0.6 is 0 Å². The van der Waals surface area contributed by atoms with Crippen LogP contribution in [-0.4, -0.2) is 18.0 Å². The molecule has 1 aromatic rings. The first-order valence-electron chi connectivity index (χ1n) is 8.91. The van der Waals surface area contributed by atoms with E-state index in [2.05, 4.69) is 56.5 Å². The zero-order chi connectivity index (χ0) is 15.8. The lowest BCUT2D eigenvalue weighted by atomic mass is 9.65. The molecule has 0 unspecified atom stereocenters. The minimum atomic E-state index is 0.337. The number of hydrogen-bond acceptors (Lipinski definition) is 1. The molecule has 1 nitrogen and oxygen atoms in total. The van der Waals surface area contributed by atoms with Crippen molar-refractivity contribution in [1.29, 1.82) is 0 Å². The number of benzene rings is 1. The summed E-state index contributed by atoms with van der Waals surface area (Å²) in [7, 11) is 0. The van der Waals surface area contributed by atoms with Gasteiger partial charge in [0.2, 0.25) is 0 Å². The van der Waals surface area contributed by atoms with Gasteiger partial charge in [-0.3, -0.25) is 0 Å². The number of likely N-dealkylation sites (tertiary alicyclic amines) is 1. The molecule has 0 aromatic heterocycles. The van der Waals surface area contributed by atoms with Gasteiger partial charge in [-0.15, -0.1) is 0 Å². The number of hydrogen-bond donors (Lipinski definition) is 0. The van der Waals surface area contributed by atoms with Gasteiger partial charge in [0.25, 0.3) is 0 Å². The minimum absolute atomic E-state index is 0.337. The molecule has 120 valence electrons. The van der Waals surface area contributed by atoms with E-state index in [-0.39, 0.29) is 0 Å². The highest BCUT2D eigenvalue weighted by Crippen LogP contribution is 2.45. The molecule has 0 N–H and O–H groups in total. The van der Waals surface area contributed by atoms with Gasteiger partial charge in [-0.2, -0.15) is 0 Å². The zero-order valence-electron chi connectivity index (χ0n) is 14.6. The van der Waals surface area contributed by atoms with E-state index in [4.69, 9.17) is 0 Å². The van der Waals surface area contributed by atoms with Crippen molar-refractivity contribution in [3.8, 4) is 0 Å². The first-order chi connectivity index (χ1) is 10.4. The highest BCUT2D eigenvalue weighted by atomic mass is 15.1. The van der Waals surface area contributed by atoms with E-state index in [0.717, 1.165) is 6.42 Å². The number of allylic oxidation sites excluding steroid dienone is 1. The molecule has 0 radical (unpaired) electrons. The average Bonchev–Trinajstić information content (AvgIpc) is 2.47. The number of piperidine rings is 1. The fourth-order valence-corrected chi connectivity index (χ4v) is 4.50. The summed E-state index contributed by atoms with van der Waals surface area (Å²) in [6, 6.07) is 9.18. The maximum atomic E-state index is 4.37. The molecule has 2 aliphatic rings. The Labute approximate surface area is 136 Å². The molecular formula is C21H31N. The maximum Gasteiger partial charge on any atom is 0.0183 e. The summed E-state index contributed by atoms with van der Waals surface area (Å²) in [5.74, 6) is 0. The highest BCUT2D eigenvalue weighted by Gasteiger charge is 2.39. The van der Waals surface area contributed by atoms with E-state index in [1.807, 2.05) is 0 Å². The monoisotopic (exact) mass is 297 g/mol. The van der Waals surface area contributed by atoms with Crippen LogP contribution < -0.4 is 0 Å². The quantitative estimate of drug-likeness (QED) is 0.715. The van der Waals surface area contributed by atoms with Crippen molar-refractivity contribution in [2.45, 2.75) is 64.7 Å². The Balaban J connectivity index is 1.71. The fourth-order valence-electron chi connectivity index (χ4n) is 4.50. The van der Waals surface area contributed by atoms with Gasteiger partial charge in [0.1, 0.15) is 0 Å². The molecule has 1 saturated heterocycles. The van der Waals surface area contributed by atoms with Crippen molar-refractivity contribution >= 4 is 0 Å². The van der Waals surface area contributed by atoms with Gasteiger partial charge in [-0.25, -0.2) is 0 Å². The summed E-state index contributed by atoms with van der Waals surface area (Å²) in [4.78, 5) is 2.55. The van der Waals surface area contributed by atoms with Crippen molar-refractivity contribution in [2.24, 2.45) is 5.41 Å². The van der Waals surface area contributed by atoms with E-state index in [9.17, 15) is 0 Å². The molecular weight excluding hydrogens is 266 g/mol. The largest absolute Gasteiger partial charge is 0.375 e. The van der Waals surface area contributed by atoms with E-state index < -0.39 is 0 Å². The van der Waals surface area contributed by atoms with Crippen molar-refractivity contribution in [3.63, 3.8) is 0 Å². The van der Waals surface area contributed by atoms with Crippen LogP contribution in [0.2, 0.25) is 0 Å². The minimum Gasteiger partial charge on any atom is -0.375 e. The number of rotatable bonds is 2. The van der Waals surface area contributed by atoms with Crippen LogP contribution in [0, 0.1) is 5.41 Å². The first-order valence-corrected chi connectivity index (χ1v) is 8.91. The van der Waals surface area contributed by atoms with Gasteiger partial charge >= 0.3 is 0 Å². The summed E-state index contributed by atoms with van der Waals surface area (Å²) in [5.41, 5.74) is 5.39. The summed E-state index contributed by atoms with van der Waals surface area (Å²) in [5, 5.41) is 0. The van der Waals surface area contributed by atoms with E-state index in [0.29, 0.717) is 10.8 Å². The lowest BCUT2D eigenvalue weighted by Gasteiger charge is -2.47. The molecule has 1 spiro atoms. The molecule has 3 rings (SSSR count). The lowest BCUT2D eigenvalue weighted by molar-refractivity contribution is 0.164. The summed E-state index contributed by atoms with van der Waals surface area (Å²) < 4.78 is 0. The van der Waals surface area contributed by atoms with Crippen LogP contribution in [-0.2, 0) is 11.8 Å². The Morgan fingerprint density at radius 3 is 2.50 bits per heavy atom.